The number of carbonyl (C=O) groups is 2. The summed E-state index contributed by atoms with van der Waals surface area (Å²) < 4.78 is 1.51. The predicted octanol–water partition coefficient (Wildman–Crippen LogP) is 2.07. The van der Waals surface area contributed by atoms with Crippen molar-refractivity contribution in [2.75, 3.05) is 19.6 Å². The minimum absolute atomic E-state index is 0.0131. The van der Waals surface area contributed by atoms with Crippen molar-refractivity contribution in [2.45, 2.75) is 65.3 Å². The lowest BCUT2D eigenvalue weighted by Crippen LogP contribution is -2.41. The maximum atomic E-state index is 13.1. The number of rotatable bonds is 4. The molecule has 8 heteroatoms. The van der Waals surface area contributed by atoms with E-state index in [0.29, 0.717) is 43.7 Å². The van der Waals surface area contributed by atoms with Gasteiger partial charge in [-0.1, -0.05) is 20.8 Å². The van der Waals surface area contributed by atoms with Gasteiger partial charge in [-0.3, -0.25) is 19.5 Å². The van der Waals surface area contributed by atoms with Crippen LogP contribution in [0, 0.1) is 5.92 Å². The lowest BCUT2D eigenvalue weighted by molar-refractivity contribution is -0.135. The van der Waals surface area contributed by atoms with Crippen molar-refractivity contribution >= 4 is 17.5 Å². The zero-order valence-corrected chi connectivity index (χ0v) is 18.1. The van der Waals surface area contributed by atoms with Crippen LogP contribution in [0.25, 0.3) is 5.65 Å². The molecule has 162 valence electrons. The van der Waals surface area contributed by atoms with Gasteiger partial charge < -0.3 is 9.80 Å². The van der Waals surface area contributed by atoms with Gasteiger partial charge >= 0.3 is 0 Å². The fourth-order valence-corrected chi connectivity index (χ4v) is 4.59. The van der Waals surface area contributed by atoms with Crippen LogP contribution in [0.4, 0.5) is 0 Å². The summed E-state index contributed by atoms with van der Waals surface area (Å²) in [5, 5.41) is 3.24. The maximum Gasteiger partial charge on any atom is 0.277 e. The minimum Gasteiger partial charge on any atom is -0.342 e. The van der Waals surface area contributed by atoms with E-state index >= 15 is 0 Å². The van der Waals surface area contributed by atoms with E-state index in [0.717, 1.165) is 37.2 Å². The molecule has 1 unspecified atom stereocenters. The summed E-state index contributed by atoms with van der Waals surface area (Å²) in [6.45, 7) is 8.24. The molecule has 2 amide bonds. The molecular weight excluding hydrogens is 382 g/mol. The van der Waals surface area contributed by atoms with Crippen LogP contribution in [-0.2, 0) is 22.6 Å². The third kappa shape index (κ3) is 3.75. The molecule has 2 aliphatic heterocycles. The molecule has 0 radical (unpaired) electrons. The maximum absolute atomic E-state index is 13.1. The molecule has 0 spiro atoms. The van der Waals surface area contributed by atoms with E-state index in [1.807, 2.05) is 31.7 Å². The highest BCUT2D eigenvalue weighted by molar-refractivity contribution is 5.78. The lowest BCUT2D eigenvalue weighted by atomic mass is 9.94. The van der Waals surface area contributed by atoms with E-state index in [1.54, 1.807) is 4.90 Å². The Morgan fingerprint density at radius 1 is 1.27 bits per heavy atom. The number of amides is 2. The fourth-order valence-electron chi connectivity index (χ4n) is 4.59. The van der Waals surface area contributed by atoms with Crippen LogP contribution in [-0.4, -0.2) is 55.8 Å². The number of aromatic nitrogens is 3. The number of hydrogen-bond donors (Lipinski definition) is 1. The van der Waals surface area contributed by atoms with E-state index in [2.05, 4.69) is 5.10 Å². The SMILES string of the molecule is CCCC(=O)N1CCc2nc3cc(C4CCCN(C(=O)C(C)C)C4)[nH]n3c(=O)c2C1. The molecule has 0 aromatic carbocycles. The first-order valence-corrected chi connectivity index (χ1v) is 11.1. The number of aromatic amines is 1. The summed E-state index contributed by atoms with van der Waals surface area (Å²) >= 11 is 0. The van der Waals surface area contributed by atoms with Gasteiger partial charge in [0.25, 0.3) is 5.56 Å². The molecule has 2 aromatic rings. The Bertz CT molecular complexity index is 1020. The van der Waals surface area contributed by atoms with Crippen molar-refractivity contribution in [3.05, 3.63) is 33.4 Å². The quantitative estimate of drug-likeness (QED) is 0.831. The Balaban J connectivity index is 1.61. The largest absolute Gasteiger partial charge is 0.342 e. The Hall–Kier alpha value is -2.64. The van der Waals surface area contributed by atoms with Crippen molar-refractivity contribution in [1.29, 1.82) is 0 Å². The molecule has 1 atom stereocenters. The van der Waals surface area contributed by atoms with Crippen molar-refractivity contribution in [2.24, 2.45) is 5.92 Å². The second-order valence-electron chi connectivity index (χ2n) is 8.84. The number of hydrogen-bond acceptors (Lipinski definition) is 4. The molecule has 30 heavy (non-hydrogen) atoms. The van der Waals surface area contributed by atoms with E-state index in [-0.39, 0.29) is 29.2 Å². The molecule has 0 aliphatic carbocycles. The Kier molecular flexibility index (Phi) is 5.66. The molecule has 8 nitrogen and oxygen atoms in total. The first kappa shape index (κ1) is 20.6. The Labute approximate surface area is 176 Å². The van der Waals surface area contributed by atoms with Crippen LogP contribution in [0.15, 0.2) is 10.9 Å². The van der Waals surface area contributed by atoms with Crippen LogP contribution in [0.1, 0.15) is 69.3 Å². The summed E-state index contributed by atoms with van der Waals surface area (Å²) in [7, 11) is 0. The van der Waals surface area contributed by atoms with E-state index in [9.17, 15) is 14.4 Å². The first-order valence-electron chi connectivity index (χ1n) is 11.1. The third-order valence-electron chi connectivity index (χ3n) is 6.26. The molecule has 4 rings (SSSR count). The standard InChI is InChI=1S/C22H31N5O3/c1-4-6-20(28)25-10-8-17-16(13-25)22(30)27-19(23-17)11-18(24-27)15-7-5-9-26(12-15)21(29)14(2)3/h11,14-15,24H,4-10,12-13H2,1-3H3. The summed E-state index contributed by atoms with van der Waals surface area (Å²) in [6.07, 6.45) is 3.84. The highest BCUT2D eigenvalue weighted by atomic mass is 16.2. The monoisotopic (exact) mass is 413 g/mol. The van der Waals surface area contributed by atoms with Crippen LogP contribution in [0.2, 0.25) is 0 Å². The zero-order chi connectivity index (χ0) is 21.4. The van der Waals surface area contributed by atoms with Crippen molar-refractivity contribution < 1.29 is 9.59 Å². The number of nitrogens with zero attached hydrogens (tertiary/aromatic N) is 4. The van der Waals surface area contributed by atoms with Crippen LogP contribution in [0.5, 0.6) is 0 Å². The number of piperidine rings is 1. The number of nitrogens with one attached hydrogen (secondary N) is 1. The van der Waals surface area contributed by atoms with Crippen LogP contribution in [0.3, 0.4) is 0 Å². The van der Waals surface area contributed by atoms with Crippen molar-refractivity contribution in [3.63, 3.8) is 0 Å². The molecule has 4 heterocycles. The number of fused-ring (bicyclic) bond motifs is 2. The van der Waals surface area contributed by atoms with Crippen LogP contribution < -0.4 is 5.56 Å². The topological polar surface area (TPSA) is 90.8 Å². The minimum atomic E-state index is -0.124. The third-order valence-corrected chi connectivity index (χ3v) is 6.26. The van der Waals surface area contributed by atoms with Crippen LogP contribution >= 0.6 is 0 Å². The number of likely N-dealkylation sites (tertiary alicyclic amines) is 1. The molecular formula is C22H31N5O3. The van der Waals surface area contributed by atoms with E-state index in [1.165, 1.54) is 4.52 Å². The molecule has 2 aromatic heterocycles. The summed E-state index contributed by atoms with van der Waals surface area (Å²) in [6, 6.07) is 1.95. The fraction of sp³-hybridized carbons (Fsp3) is 0.636. The highest BCUT2D eigenvalue weighted by Crippen LogP contribution is 2.27. The average Bonchev–Trinajstić information content (AvgIpc) is 3.18. The molecule has 1 fully saturated rings. The number of H-pyrrole nitrogens is 1. The van der Waals surface area contributed by atoms with Gasteiger partial charge in [0.1, 0.15) is 0 Å². The van der Waals surface area contributed by atoms with Gasteiger partial charge in [0.15, 0.2) is 5.65 Å². The van der Waals surface area contributed by atoms with Crippen molar-refractivity contribution in [3.8, 4) is 0 Å². The molecule has 1 N–H and O–H groups in total. The van der Waals surface area contributed by atoms with Gasteiger partial charge in [-0.05, 0) is 19.3 Å². The van der Waals surface area contributed by atoms with Gasteiger partial charge in [0.05, 0.1) is 17.8 Å². The summed E-state index contributed by atoms with van der Waals surface area (Å²) in [5.74, 6) is 0.429. The molecule has 1 saturated heterocycles. The summed E-state index contributed by atoms with van der Waals surface area (Å²) in [5.41, 5.74) is 2.85. The van der Waals surface area contributed by atoms with Gasteiger partial charge in [-0.25, -0.2) is 9.50 Å². The normalized spacial score (nSPS) is 19.4. The molecule has 0 saturated carbocycles. The Morgan fingerprint density at radius 2 is 2.07 bits per heavy atom. The predicted molar refractivity (Wildman–Crippen MR) is 113 cm³/mol. The van der Waals surface area contributed by atoms with E-state index in [4.69, 9.17) is 4.98 Å². The van der Waals surface area contributed by atoms with Gasteiger partial charge in [-0.15, -0.1) is 0 Å². The van der Waals surface area contributed by atoms with E-state index < -0.39 is 0 Å². The molecule has 0 bridgehead atoms. The zero-order valence-electron chi connectivity index (χ0n) is 18.1. The first-order chi connectivity index (χ1) is 14.4. The summed E-state index contributed by atoms with van der Waals surface area (Å²) in [4.78, 5) is 46.3. The second kappa shape index (κ2) is 8.24. The smallest absolute Gasteiger partial charge is 0.277 e. The molecule has 2 aliphatic rings. The second-order valence-corrected chi connectivity index (χ2v) is 8.84. The van der Waals surface area contributed by atoms with Gasteiger partial charge in [0.2, 0.25) is 11.8 Å². The average molecular weight is 414 g/mol. The lowest BCUT2D eigenvalue weighted by Gasteiger charge is -2.33. The van der Waals surface area contributed by atoms with Gasteiger partial charge in [0, 0.05) is 56.1 Å². The van der Waals surface area contributed by atoms with Crippen molar-refractivity contribution in [1.82, 2.24) is 24.4 Å². The number of carbonyl (C=O) groups excluding carboxylic acids is 2. The Morgan fingerprint density at radius 3 is 2.80 bits per heavy atom. The highest BCUT2D eigenvalue weighted by Gasteiger charge is 2.29. The van der Waals surface area contributed by atoms with Gasteiger partial charge in [-0.2, -0.15) is 0 Å².